The summed E-state index contributed by atoms with van der Waals surface area (Å²) in [5, 5.41) is 6.09. The number of rotatable bonds is 5. The quantitative estimate of drug-likeness (QED) is 0.379. The molecule has 4 rings (SSSR count). The average molecular weight is 491 g/mol. The Morgan fingerprint density at radius 2 is 1.78 bits per heavy atom. The van der Waals surface area contributed by atoms with Gasteiger partial charge in [-0.2, -0.15) is 0 Å². The summed E-state index contributed by atoms with van der Waals surface area (Å²) in [7, 11) is 0. The highest BCUT2D eigenvalue weighted by molar-refractivity contribution is 7.71. The van der Waals surface area contributed by atoms with Crippen molar-refractivity contribution in [1.82, 2.24) is 19.2 Å². The Balaban J connectivity index is 1.87. The number of aromatic nitrogens is 3. The van der Waals surface area contributed by atoms with Gasteiger partial charge < -0.3 is 4.74 Å². The van der Waals surface area contributed by atoms with Gasteiger partial charge in [0.05, 0.1) is 29.6 Å². The number of nitrogens with zero attached hydrogens (tertiary/aromatic N) is 4. The second kappa shape index (κ2) is 9.65. The molecule has 1 aliphatic rings. The first-order chi connectivity index (χ1) is 15.2. The van der Waals surface area contributed by atoms with Crippen LogP contribution in [0.15, 0.2) is 42.5 Å². The molecule has 0 aliphatic carbocycles. The molecule has 1 fully saturated rings. The monoisotopic (exact) mass is 490 g/mol. The molecule has 2 heterocycles. The molecule has 0 radical (unpaired) electrons. The van der Waals surface area contributed by atoms with Gasteiger partial charge in [-0.15, -0.1) is 5.10 Å². The molecule has 170 valence electrons. The van der Waals surface area contributed by atoms with Gasteiger partial charge in [-0.05, 0) is 61.8 Å². The molecule has 3 aromatic rings. The maximum absolute atomic E-state index is 6.61. The zero-order valence-electron chi connectivity index (χ0n) is 18.8. The zero-order valence-corrected chi connectivity index (χ0v) is 21.1. The highest BCUT2D eigenvalue weighted by Crippen LogP contribution is 2.33. The molecule has 0 amide bonds. The van der Waals surface area contributed by atoms with Gasteiger partial charge in [-0.3, -0.25) is 9.47 Å². The molecular weight excluding hydrogens is 463 g/mol. The van der Waals surface area contributed by atoms with Crippen molar-refractivity contribution in [1.29, 1.82) is 0 Å². The van der Waals surface area contributed by atoms with Crippen LogP contribution in [0.25, 0.3) is 17.1 Å². The second-order valence-electron chi connectivity index (χ2n) is 8.71. The fourth-order valence-electron chi connectivity index (χ4n) is 4.33. The van der Waals surface area contributed by atoms with Crippen LogP contribution in [0.1, 0.15) is 39.2 Å². The summed E-state index contributed by atoms with van der Waals surface area (Å²) >= 11 is 18.7. The zero-order chi connectivity index (χ0) is 23.0. The maximum atomic E-state index is 6.61. The van der Waals surface area contributed by atoms with Gasteiger partial charge in [-0.1, -0.05) is 55.2 Å². The summed E-state index contributed by atoms with van der Waals surface area (Å²) in [6, 6.07) is 13.8. The third kappa shape index (κ3) is 4.80. The van der Waals surface area contributed by atoms with Crippen LogP contribution in [0.4, 0.5) is 0 Å². The molecule has 0 bridgehead atoms. The first-order valence-corrected chi connectivity index (χ1v) is 12.0. The van der Waals surface area contributed by atoms with E-state index in [9.17, 15) is 0 Å². The lowest BCUT2D eigenvalue weighted by atomic mass is 10.0. The molecular formula is C24H28Cl2N4OS. The number of benzene rings is 2. The lowest BCUT2D eigenvalue weighted by Crippen LogP contribution is -2.46. The molecule has 8 heteroatoms. The number of para-hydroxylation sites is 1. The molecule has 0 unspecified atom stereocenters. The molecule has 1 saturated heterocycles. The number of hydrogen-bond acceptors (Lipinski definition) is 4. The minimum atomic E-state index is 0.168. The van der Waals surface area contributed by atoms with E-state index in [1.165, 1.54) is 5.56 Å². The minimum Gasteiger partial charge on any atom is -0.373 e. The van der Waals surface area contributed by atoms with E-state index in [2.05, 4.69) is 50.8 Å². The smallest absolute Gasteiger partial charge is 0.204 e. The van der Waals surface area contributed by atoms with Crippen molar-refractivity contribution in [3.63, 3.8) is 0 Å². The van der Waals surface area contributed by atoms with Gasteiger partial charge in [0.1, 0.15) is 0 Å². The lowest BCUT2D eigenvalue weighted by molar-refractivity contribution is -0.0777. The van der Waals surface area contributed by atoms with Crippen molar-refractivity contribution in [2.75, 3.05) is 13.1 Å². The van der Waals surface area contributed by atoms with Crippen LogP contribution in [-0.2, 0) is 11.4 Å². The number of hydrogen-bond donors (Lipinski definition) is 0. The average Bonchev–Trinajstić information content (AvgIpc) is 3.02. The van der Waals surface area contributed by atoms with Gasteiger partial charge >= 0.3 is 0 Å². The van der Waals surface area contributed by atoms with E-state index in [4.69, 9.17) is 45.3 Å². The van der Waals surface area contributed by atoms with Gasteiger partial charge in [-0.25, -0.2) is 4.68 Å². The van der Waals surface area contributed by atoms with Crippen molar-refractivity contribution in [3.05, 3.63) is 62.8 Å². The molecule has 0 saturated carbocycles. The Morgan fingerprint density at radius 3 is 2.44 bits per heavy atom. The topological polar surface area (TPSA) is 35.2 Å². The maximum Gasteiger partial charge on any atom is 0.204 e. The van der Waals surface area contributed by atoms with E-state index in [1.807, 2.05) is 27.4 Å². The summed E-state index contributed by atoms with van der Waals surface area (Å²) in [6.07, 6.45) is 0.337. The predicted molar refractivity (Wildman–Crippen MR) is 134 cm³/mol. The highest BCUT2D eigenvalue weighted by atomic mass is 35.5. The van der Waals surface area contributed by atoms with E-state index in [0.29, 0.717) is 33.2 Å². The largest absolute Gasteiger partial charge is 0.373 e. The summed E-state index contributed by atoms with van der Waals surface area (Å²) in [5.74, 6) is 1.03. The van der Waals surface area contributed by atoms with Crippen LogP contribution in [0.5, 0.6) is 0 Å². The summed E-state index contributed by atoms with van der Waals surface area (Å²) in [5.41, 5.74) is 3.01. The van der Waals surface area contributed by atoms with Gasteiger partial charge in [0.15, 0.2) is 5.82 Å². The molecule has 0 N–H and O–H groups in total. The van der Waals surface area contributed by atoms with Crippen LogP contribution in [-0.4, -0.2) is 44.5 Å². The minimum absolute atomic E-state index is 0.168. The first-order valence-electron chi connectivity index (χ1n) is 10.9. The Kier molecular flexibility index (Phi) is 7.08. The fraction of sp³-hybridized carbons (Fsp3) is 0.417. The Labute approximate surface area is 204 Å². The summed E-state index contributed by atoms with van der Waals surface area (Å²) < 4.78 is 10.4. The van der Waals surface area contributed by atoms with Crippen molar-refractivity contribution < 1.29 is 4.74 Å². The van der Waals surface area contributed by atoms with E-state index in [1.54, 1.807) is 6.07 Å². The number of halogens is 2. The van der Waals surface area contributed by atoms with E-state index in [0.717, 1.165) is 24.3 Å². The molecule has 1 aliphatic heterocycles. The predicted octanol–water partition coefficient (Wildman–Crippen LogP) is 6.57. The number of ether oxygens (including phenoxy) is 1. The standard InChI is InChI=1S/C24H28Cl2N4OS/c1-15(2)19-7-5-6-8-22(19)30-23(20-10-9-18(25)11-21(20)26)27-29(24(30)32)14-28-12-16(3)31-17(4)13-28/h5-11,15-17H,12-14H2,1-4H3/t16-,17-/m0/s1. The summed E-state index contributed by atoms with van der Waals surface area (Å²) in [6.45, 7) is 10.8. The Hall–Kier alpha value is -1.70. The number of morpholine rings is 1. The molecule has 5 nitrogen and oxygen atoms in total. The fourth-order valence-corrected chi connectivity index (χ4v) is 5.11. The SMILES string of the molecule is CC(C)c1ccccc1-n1c(-c2ccc(Cl)cc2Cl)nn(CN2C[C@H](C)O[C@@H](C)C2)c1=S. The van der Waals surface area contributed by atoms with Crippen molar-refractivity contribution in [3.8, 4) is 17.1 Å². The van der Waals surface area contributed by atoms with E-state index < -0.39 is 0 Å². The lowest BCUT2D eigenvalue weighted by Gasteiger charge is -2.34. The second-order valence-corrected chi connectivity index (χ2v) is 9.92. The van der Waals surface area contributed by atoms with Crippen LogP contribution in [0, 0.1) is 4.77 Å². The molecule has 1 aromatic heterocycles. The third-order valence-corrected chi connectivity index (χ3v) is 6.58. The Morgan fingerprint density at radius 1 is 1.09 bits per heavy atom. The normalized spacial score (nSPS) is 19.6. The van der Waals surface area contributed by atoms with Crippen LogP contribution < -0.4 is 0 Å². The van der Waals surface area contributed by atoms with Crippen molar-refractivity contribution in [2.24, 2.45) is 0 Å². The molecule has 2 atom stereocenters. The van der Waals surface area contributed by atoms with Gasteiger partial charge in [0.25, 0.3) is 0 Å². The summed E-state index contributed by atoms with van der Waals surface area (Å²) in [4.78, 5) is 2.33. The molecule has 0 spiro atoms. The van der Waals surface area contributed by atoms with Gasteiger partial charge in [0.2, 0.25) is 4.77 Å². The molecule has 2 aromatic carbocycles. The highest BCUT2D eigenvalue weighted by Gasteiger charge is 2.25. The van der Waals surface area contributed by atoms with Crippen molar-refractivity contribution in [2.45, 2.75) is 52.5 Å². The van der Waals surface area contributed by atoms with E-state index in [-0.39, 0.29) is 12.2 Å². The van der Waals surface area contributed by atoms with E-state index >= 15 is 0 Å². The molecule has 32 heavy (non-hydrogen) atoms. The van der Waals surface area contributed by atoms with Crippen LogP contribution in [0.2, 0.25) is 10.0 Å². The third-order valence-electron chi connectivity index (χ3n) is 5.64. The van der Waals surface area contributed by atoms with Crippen LogP contribution >= 0.6 is 35.4 Å². The van der Waals surface area contributed by atoms with Gasteiger partial charge in [0, 0.05) is 23.7 Å². The van der Waals surface area contributed by atoms with Crippen LogP contribution in [0.3, 0.4) is 0 Å². The van der Waals surface area contributed by atoms with Crippen molar-refractivity contribution >= 4 is 35.4 Å². The Bertz CT molecular complexity index is 1160. The first kappa shape index (κ1) is 23.5.